The Hall–Kier alpha value is -5.23. The maximum absolute atomic E-state index is 12.8. The molecule has 0 radical (unpaired) electrons. The molecule has 0 aliphatic heterocycles. The van der Waals surface area contributed by atoms with Crippen LogP contribution >= 0.6 is 0 Å². The first-order valence-corrected chi connectivity index (χ1v) is 23.8. The maximum Gasteiger partial charge on any atom is 0.306 e. The van der Waals surface area contributed by atoms with Crippen LogP contribution < -0.4 is 0 Å². The van der Waals surface area contributed by atoms with Gasteiger partial charge in [-0.2, -0.15) is 0 Å². The first-order chi connectivity index (χ1) is 31.0. The minimum atomic E-state index is -0.841. The van der Waals surface area contributed by atoms with Crippen molar-refractivity contribution in [3.63, 3.8) is 0 Å². The molecule has 346 valence electrons. The summed E-state index contributed by atoms with van der Waals surface area (Å²) in [5.74, 6) is -1.09. The highest BCUT2D eigenvalue weighted by molar-refractivity contribution is 5.71. The molecule has 0 saturated carbocycles. The highest BCUT2D eigenvalue weighted by Gasteiger charge is 2.19. The summed E-state index contributed by atoms with van der Waals surface area (Å²) in [6.45, 7) is 6.06. The molecule has 0 bridgehead atoms. The predicted molar refractivity (Wildman–Crippen MR) is 269 cm³/mol. The van der Waals surface area contributed by atoms with Crippen LogP contribution in [-0.4, -0.2) is 37.2 Å². The summed E-state index contributed by atoms with van der Waals surface area (Å²) < 4.78 is 16.6. The van der Waals surface area contributed by atoms with Gasteiger partial charge in [0.15, 0.2) is 6.10 Å². The van der Waals surface area contributed by atoms with Crippen LogP contribution in [0.2, 0.25) is 0 Å². The van der Waals surface area contributed by atoms with Gasteiger partial charge in [-0.25, -0.2) is 0 Å². The van der Waals surface area contributed by atoms with Gasteiger partial charge in [0.1, 0.15) is 13.2 Å². The molecule has 63 heavy (non-hydrogen) atoms. The molecule has 0 spiro atoms. The fraction of sp³-hybridized carbons (Fsp3) is 0.456. The standard InChI is InChI=1S/C57H82O6/c1-4-7-10-13-16-19-22-25-27-28-30-32-35-38-41-44-47-50-56(59)62-53-54(52-61-55(58)49-46-43-40-37-34-31-24-21-18-15-12-9-6-3)63-57(60)51-48-45-42-39-36-33-29-26-23-20-17-14-11-8-5-2/h7-25,27-28,30-32,34-35,37,40,54H,4-6,26,29,33,36,38-39,41-53H2,1-3H3/b10-7+,11-8+,12-9+,16-13+,17-14+,18-15+,22-19+,23-20+,24-21+,27-25+,30-28+,34-31+,35-32+,40-37+. The molecule has 0 aromatic carbocycles. The van der Waals surface area contributed by atoms with Crippen LogP contribution in [0.25, 0.3) is 0 Å². The average molecular weight is 863 g/mol. The fourth-order valence-corrected chi connectivity index (χ4v) is 5.56. The summed E-state index contributed by atoms with van der Waals surface area (Å²) in [4.78, 5) is 37.9. The molecule has 1 atom stereocenters. The van der Waals surface area contributed by atoms with Gasteiger partial charge in [0.2, 0.25) is 0 Å². The molecule has 0 saturated heterocycles. The van der Waals surface area contributed by atoms with Gasteiger partial charge in [-0.1, -0.05) is 229 Å². The van der Waals surface area contributed by atoms with Crippen LogP contribution in [0.1, 0.15) is 149 Å². The lowest BCUT2D eigenvalue weighted by Gasteiger charge is -2.18. The highest BCUT2D eigenvalue weighted by Crippen LogP contribution is 2.12. The van der Waals surface area contributed by atoms with Gasteiger partial charge in [-0.15, -0.1) is 0 Å². The minimum absolute atomic E-state index is 0.139. The van der Waals surface area contributed by atoms with Crippen LogP contribution in [0.4, 0.5) is 0 Å². The first kappa shape index (κ1) is 57.8. The van der Waals surface area contributed by atoms with E-state index in [9.17, 15) is 14.4 Å². The van der Waals surface area contributed by atoms with E-state index in [-0.39, 0.29) is 50.4 Å². The number of hydrogen-bond acceptors (Lipinski definition) is 6. The van der Waals surface area contributed by atoms with E-state index in [0.717, 1.165) is 77.0 Å². The second kappa shape index (κ2) is 49.4. The molecule has 0 N–H and O–H groups in total. The van der Waals surface area contributed by atoms with Crippen molar-refractivity contribution in [1.29, 1.82) is 0 Å². The number of ether oxygens (including phenoxy) is 3. The molecule has 0 heterocycles. The largest absolute Gasteiger partial charge is 0.462 e. The Bertz CT molecular complexity index is 1550. The van der Waals surface area contributed by atoms with Crippen LogP contribution in [-0.2, 0) is 28.6 Å². The lowest BCUT2D eigenvalue weighted by atomic mass is 10.1. The van der Waals surface area contributed by atoms with Crippen molar-refractivity contribution in [3.8, 4) is 0 Å². The van der Waals surface area contributed by atoms with Gasteiger partial charge in [0.25, 0.3) is 0 Å². The van der Waals surface area contributed by atoms with E-state index in [2.05, 4.69) is 75.5 Å². The second-order valence-corrected chi connectivity index (χ2v) is 14.9. The van der Waals surface area contributed by atoms with E-state index < -0.39 is 6.10 Å². The van der Waals surface area contributed by atoms with Gasteiger partial charge < -0.3 is 14.2 Å². The third-order valence-corrected chi connectivity index (χ3v) is 9.05. The third kappa shape index (κ3) is 47.7. The van der Waals surface area contributed by atoms with Gasteiger partial charge >= 0.3 is 17.9 Å². The number of carbonyl (C=O) groups is 3. The Morgan fingerprint density at radius 2 is 0.587 bits per heavy atom. The van der Waals surface area contributed by atoms with Crippen LogP contribution in [0, 0.1) is 0 Å². The summed E-state index contributed by atoms with van der Waals surface area (Å²) >= 11 is 0. The van der Waals surface area contributed by atoms with Gasteiger partial charge in [0, 0.05) is 19.3 Å². The van der Waals surface area contributed by atoms with Crippen molar-refractivity contribution in [1.82, 2.24) is 0 Å². The Balaban J connectivity index is 4.65. The number of rotatable bonds is 39. The fourth-order valence-electron chi connectivity index (χ4n) is 5.56. The molecule has 0 amide bonds. The quantitative estimate of drug-likeness (QED) is 0.0265. The summed E-state index contributed by atoms with van der Waals surface area (Å²) in [6.07, 6.45) is 73.4. The maximum atomic E-state index is 12.8. The SMILES string of the molecule is CC/C=C/C=C/C=C/C=C/C=C/C=C/CCCCCC(=O)OCC(COC(=O)CCC/C=C/C=C/C=C/C=C/C=C/CC)OC(=O)CCCCCCCCC/C=C/C=C/C=C/CC. The van der Waals surface area contributed by atoms with E-state index in [1.807, 2.05) is 115 Å². The van der Waals surface area contributed by atoms with Crippen LogP contribution in [0.15, 0.2) is 170 Å². The van der Waals surface area contributed by atoms with Crippen LogP contribution in [0.3, 0.4) is 0 Å². The minimum Gasteiger partial charge on any atom is -0.462 e. The zero-order valence-electron chi connectivity index (χ0n) is 39.2. The highest BCUT2D eigenvalue weighted by atomic mass is 16.6. The summed E-state index contributed by atoms with van der Waals surface area (Å²) in [5.41, 5.74) is 0. The van der Waals surface area contributed by atoms with E-state index in [4.69, 9.17) is 14.2 Å². The Kier molecular flexibility index (Phi) is 45.3. The van der Waals surface area contributed by atoms with Crippen molar-refractivity contribution in [2.24, 2.45) is 0 Å². The normalized spacial score (nSPS) is 13.6. The second-order valence-electron chi connectivity index (χ2n) is 14.9. The summed E-state index contributed by atoms with van der Waals surface area (Å²) in [6, 6.07) is 0. The zero-order valence-corrected chi connectivity index (χ0v) is 39.2. The molecule has 0 fully saturated rings. The van der Waals surface area contributed by atoms with E-state index in [1.54, 1.807) is 0 Å². The molecular formula is C57H82O6. The molecule has 0 aromatic heterocycles. The first-order valence-electron chi connectivity index (χ1n) is 23.8. The topological polar surface area (TPSA) is 78.9 Å². The third-order valence-electron chi connectivity index (χ3n) is 9.05. The molecule has 1 unspecified atom stereocenters. The Morgan fingerprint density at radius 3 is 0.968 bits per heavy atom. The molecule has 0 aliphatic carbocycles. The molecule has 0 aromatic rings. The average Bonchev–Trinajstić information content (AvgIpc) is 3.28. The van der Waals surface area contributed by atoms with Gasteiger partial charge in [-0.05, 0) is 70.6 Å². The van der Waals surface area contributed by atoms with Gasteiger partial charge in [-0.3, -0.25) is 14.4 Å². The van der Waals surface area contributed by atoms with Crippen molar-refractivity contribution < 1.29 is 28.6 Å². The molecular weight excluding hydrogens is 781 g/mol. The van der Waals surface area contributed by atoms with Gasteiger partial charge in [0.05, 0.1) is 0 Å². The molecule has 0 aliphatic rings. The lowest BCUT2D eigenvalue weighted by Crippen LogP contribution is -2.30. The smallest absolute Gasteiger partial charge is 0.306 e. The van der Waals surface area contributed by atoms with Crippen molar-refractivity contribution in [2.75, 3.05) is 13.2 Å². The monoisotopic (exact) mass is 863 g/mol. The number of allylic oxidation sites excluding steroid dienone is 28. The molecule has 0 rings (SSSR count). The van der Waals surface area contributed by atoms with Crippen LogP contribution in [0.5, 0.6) is 0 Å². The molecule has 6 nitrogen and oxygen atoms in total. The number of esters is 3. The van der Waals surface area contributed by atoms with Crippen molar-refractivity contribution in [3.05, 3.63) is 170 Å². The van der Waals surface area contributed by atoms with Crippen molar-refractivity contribution >= 4 is 17.9 Å². The number of hydrogen-bond donors (Lipinski definition) is 0. The zero-order chi connectivity index (χ0) is 45.8. The number of carbonyl (C=O) groups excluding carboxylic acids is 3. The summed E-state index contributed by atoms with van der Waals surface area (Å²) in [7, 11) is 0. The van der Waals surface area contributed by atoms with E-state index in [1.165, 1.54) is 19.3 Å². The Labute approximate surface area is 383 Å². The lowest BCUT2D eigenvalue weighted by molar-refractivity contribution is -0.167. The number of unbranched alkanes of at least 4 members (excludes halogenated alkanes) is 11. The molecule has 6 heteroatoms. The van der Waals surface area contributed by atoms with E-state index >= 15 is 0 Å². The summed E-state index contributed by atoms with van der Waals surface area (Å²) in [5, 5.41) is 0. The van der Waals surface area contributed by atoms with Crippen molar-refractivity contribution in [2.45, 2.75) is 155 Å². The van der Waals surface area contributed by atoms with E-state index in [0.29, 0.717) is 12.8 Å². The Morgan fingerprint density at radius 1 is 0.317 bits per heavy atom. The predicted octanol–water partition coefficient (Wildman–Crippen LogP) is 15.6.